The highest BCUT2D eigenvalue weighted by Gasteiger charge is 2.46. The van der Waals surface area contributed by atoms with Gasteiger partial charge in [0.15, 0.2) is 0 Å². The molecule has 4 nitrogen and oxygen atoms in total. The fraction of sp³-hybridized carbons (Fsp3) is 0.0870. The Morgan fingerprint density at radius 1 is 0.330 bits per heavy atom. The van der Waals surface area contributed by atoms with Gasteiger partial charge in [-0.05, 0) is 162 Å². The van der Waals surface area contributed by atoms with Gasteiger partial charge in [0.2, 0.25) is 0 Å². The van der Waals surface area contributed by atoms with Crippen LogP contribution in [0.1, 0.15) is 70.5 Å². The van der Waals surface area contributed by atoms with Gasteiger partial charge in [-0.2, -0.15) is 0 Å². The fourth-order valence-corrected chi connectivity index (χ4v) is 15.0. The molecule has 462 valence electrons. The van der Waals surface area contributed by atoms with E-state index in [1.54, 1.807) is 4.57 Å². The molecule has 14 aromatic carbocycles. The molecule has 16 aromatic rings. The summed E-state index contributed by atoms with van der Waals surface area (Å²) in [5, 5.41) is 1.66. The highest BCUT2D eigenvalue weighted by molar-refractivity contribution is 7.00. The number of anilines is 6. The van der Waals surface area contributed by atoms with E-state index in [4.69, 9.17) is 11.3 Å². The first-order valence-corrected chi connectivity index (χ1v) is 32.9. The lowest BCUT2D eigenvalue weighted by molar-refractivity contribution is 0.590. The maximum atomic E-state index is 9.87. The average Bonchev–Trinajstić information content (AvgIpc) is 0.939. The van der Waals surface area contributed by atoms with Gasteiger partial charge in [-0.15, -0.1) is 0 Å². The molecule has 18 rings (SSSR count). The SMILES string of the molecule is [2H]c1c([2H])c([2H])c(-c2ccc3c(c2)B2c4ccc(-n5c6c([2H])c([2H])c([2H])c([2H])c6c6c([2H])c([2H])c([2H])c([2H])c65)cc4N(c4c(-c5ccccc5)cc(C(C)(C)C)cc4-c4ccccc4)c4cc(-c5cccc6oc7ccccc7c56)cc(c42)N3c2c(-c3ccccc3)cc(C(C)(C)C)cc2-c2ccccc2)c([2H])c1[2H]. The summed E-state index contributed by atoms with van der Waals surface area (Å²) in [6.07, 6.45) is 0. The minimum Gasteiger partial charge on any atom is -0.456 e. The minimum absolute atomic E-state index is 0.0177. The molecule has 0 amide bonds. The van der Waals surface area contributed by atoms with Gasteiger partial charge in [-0.1, -0.05) is 278 Å². The standard InChI is InChI=1S/C92H70BN3O/c1-91(2,3)66-54-73(60-31-14-8-15-32-60)89(74(55-66)61-33-16-9-17-34-61)95-81-50-47-64(59-29-12-7-13-30-59)51-78(81)93-77-49-48-68(94-79-43-25-22-39-70(79)71-40-23-26-44-80(71)94)58-82(77)96(84-53-65(52-83(95)88(84)93)69-42-28-46-86-87(69)72-41-24-27-45-85(72)97-86)90-75(62-35-18-10-19-36-62)56-67(92(4,5)6)57-76(90)63-37-20-11-21-38-63/h7-58H,1-6H3/i7D,12D,13D,22D,23D,25D,26D,29D,30D,39D,40D,43D,44D. The fourth-order valence-electron chi connectivity index (χ4n) is 15.0. The van der Waals surface area contributed by atoms with Crippen molar-refractivity contribution in [2.75, 3.05) is 9.80 Å². The van der Waals surface area contributed by atoms with Crippen LogP contribution in [0.15, 0.2) is 320 Å². The van der Waals surface area contributed by atoms with Crippen LogP contribution in [0.5, 0.6) is 0 Å². The van der Waals surface area contributed by atoms with Crippen LogP contribution < -0.4 is 26.2 Å². The molecule has 0 fully saturated rings. The molecule has 0 atom stereocenters. The Morgan fingerprint density at radius 3 is 1.33 bits per heavy atom. The van der Waals surface area contributed by atoms with Crippen LogP contribution in [0, 0.1) is 0 Å². The summed E-state index contributed by atoms with van der Waals surface area (Å²) in [6.45, 7) is 12.5. The third-order valence-electron chi connectivity index (χ3n) is 19.6. The molecule has 5 heteroatoms. The van der Waals surface area contributed by atoms with Crippen LogP contribution in [-0.2, 0) is 10.8 Å². The second kappa shape index (κ2) is 22.5. The first-order chi connectivity index (χ1) is 52.8. The van der Waals surface area contributed by atoms with Crippen molar-refractivity contribution in [1.82, 2.24) is 4.57 Å². The normalized spacial score (nSPS) is 14.7. The second-order valence-electron chi connectivity index (χ2n) is 27.4. The molecule has 0 spiro atoms. The van der Waals surface area contributed by atoms with Crippen molar-refractivity contribution in [2.24, 2.45) is 0 Å². The molecule has 2 aromatic heterocycles. The van der Waals surface area contributed by atoms with E-state index >= 15 is 0 Å². The van der Waals surface area contributed by atoms with Crippen molar-refractivity contribution >= 4 is 101 Å². The number of hydrogen-bond acceptors (Lipinski definition) is 3. The van der Waals surface area contributed by atoms with Crippen molar-refractivity contribution in [3.05, 3.63) is 326 Å². The van der Waals surface area contributed by atoms with E-state index in [2.05, 4.69) is 173 Å². The van der Waals surface area contributed by atoms with Crippen LogP contribution >= 0.6 is 0 Å². The lowest BCUT2D eigenvalue weighted by atomic mass is 9.33. The topological polar surface area (TPSA) is 24.6 Å². The second-order valence-corrected chi connectivity index (χ2v) is 27.4. The zero-order chi connectivity index (χ0) is 76.6. The molecular formula is C92H70BN3O. The monoisotopic (exact) mass is 1260 g/mol. The van der Waals surface area contributed by atoms with Crippen LogP contribution in [0.25, 0.3) is 116 Å². The Labute approximate surface area is 586 Å². The van der Waals surface area contributed by atoms with Gasteiger partial charge >= 0.3 is 0 Å². The quantitative estimate of drug-likeness (QED) is 0.135. The summed E-state index contributed by atoms with van der Waals surface area (Å²) in [4.78, 5) is 4.72. The highest BCUT2D eigenvalue weighted by atomic mass is 16.3. The van der Waals surface area contributed by atoms with Crippen molar-refractivity contribution < 1.29 is 22.2 Å². The highest BCUT2D eigenvalue weighted by Crippen LogP contribution is 2.56. The number of hydrogen-bond donors (Lipinski definition) is 0. The Hall–Kier alpha value is -11.7. The summed E-state index contributed by atoms with van der Waals surface area (Å²) < 4.78 is 131. The molecule has 2 aliphatic rings. The number of benzene rings is 14. The van der Waals surface area contributed by atoms with Crippen LogP contribution in [-0.4, -0.2) is 11.3 Å². The predicted octanol–water partition coefficient (Wildman–Crippen LogP) is 23.4. The van der Waals surface area contributed by atoms with Gasteiger partial charge in [0, 0.05) is 72.2 Å². The number of furan rings is 1. The maximum absolute atomic E-state index is 9.87. The van der Waals surface area contributed by atoms with Crippen molar-refractivity contribution in [1.29, 1.82) is 0 Å². The van der Waals surface area contributed by atoms with Gasteiger partial charge in [0.25, 0.3) is 6.71 Å². The average molecular weight is 1260 g/mol. The Morgan fingerprint density at radius 2 is 0.804 bits per heavy atom. The van der Waals surface area contributed by atoms with E-state index in [1.807, 2.05) is 115 Å². The summed E-state index contributed by atoms with van der Waals surface area (Å²) in [5.74, 6) is 0. The summed E-state index contributed by atoms with van der Waals surface area (Å²) >= 11 is 0. The third kappa shape index (κ3) is 9.50. The molecule has 0 aliphatic carbocycles. The van der Waals surface area contributed by atoms with Crippen molar-refractivity contribution in [3.8, 4) is 72.4 Å². The Bertz CT molecular complexity index is 6380. The van der Waals surface area contributed by atoms with Crippen LogP contribution in [0.3, 0.4) is 0 Å². The van der Waals surface area contributed by atoms with Crippen LogP contribution in [0.4, 0.5) is 34.1 Å². The van der Waals surface area contributed by atoms with Gasteiger partial charge in [-0.3, -0.25) is 0 Å². The number of rotatable bonds is 9. The largest absolute Gasteiger partial charge is 0.456 e. The molecule has 0 N–H and O–H groups in total. The van der Waals surface area contributed by atoms with E-state index in [1.165, 1.54) is 0 Å². The zero-order valence-corrected chi connectivity index (χ0v) is 54.3. The van der Waals surface area contributed by atoms with Crippen LogP contribution in [0.2, 0.25) is 0 Å². The smallest absolute Gasteiger partial charge is 0.252 e. The number of nitrogens with zero attached hydrogens (tertiary/aromatic N) is 3. The van der Waals surface area contributed by atoms with Crippen molar-refractivity contribution in [3.63, 3.8) is 0 Å². The summed E-state index contributed by atoms with van der Waals surface area (Å²) in [7, 11) is 0. The van der Waals surface area contributed by atoms with Gasteiger partial charge in [0.1, 0.15) is 11.2 Å². The number of aromatic nitrogens is 1. The molecule has 0 saturated heterocycles. The lowest BCUT2D eigenvalue weighted by Gasteiger charge is -2.46. The molecule has 4 heterocycles. The van der Waals surface area contributed by atoms with E-state index in [0.717, 1.165) is 106 Å². The molecule has 0 unspecified atom stereocenters. The van der Waals surface area contributed by atoms with Gasteiger partial charge in [-0.25, -0.2) is 0 Å². The Balaban J connectivity index is 1.09. The molecule has 0 bridgehead atoms. The molecule has 97 heavy (non-hydrogen) atoms. The number of fused-ring (bicyclic) bond motifs is 10. The first kappa shape index (κ1) is 45.6. The first-order valence-electron chi connectivity index (χ1n) is 39.4. The lowest BCUT2D eigenvalue weighted by Crippen LogP contribution is -2.61. The maximum Gasteiger partial charge on any atom is 0.252 e. The predicted molar refractivity (Wildman–Crippen MR) is 412 cm³/mol. The van der Waals surface area contributed by atoms with Crippen molar-refractivity contribution in [2.45, 2.75) is 52.4 Å². The number of para-hydroxylation sites is 3. The molecule has 2 aliphatic heterocycles. The molecule has 0 saturated carbocycles. The summed E-state index contributed by atoms with van der Waals surface area (Å²) in [5.41, 5.74) is 19.0. The molecule has 0 radical (unpaired) electrons. The van der Waals surface area contributed by atoms with E-state index in [-0.39, 0.29) is 44.9 Å². The molecular weight excluding hydrogens is 1170 g/mol. The van der Waals surface area contributed by atoms with E-state index in [9.17, 15) is 11.0 Å². The van der Waals surface area contributed by atoms with E-state index in [0.29, 0.717) is 44.9 Å². The Kier molecular flexibility index (Phi) is 10.6. The van der Waals surface area contributed by atoms with Gasteiger partial charge in [0.05, 0.1) is 40.2 Å². The third-order valence-corrected chi connectivity index (χ3v) is 19.6. The van der Waals surface area contributed by atoms with Gasteiger partial charge < -0.3 is 18.8 Å². The zero-order valence-electron chi connectivity index (χ0n) is 67.3. The van der Waals surface area contributed by atoms with E-state index < -0.39 is 78.6 Å². The summed E-state index contributed by atoms with van der Waals surface area (Å²) in [6, 6.07) is 75.0. The minimum atomic E-state index is -0.799.